The number of anilines is 2. The SMILES string of the molecule is CSc1ccc(N2CC(C(=O)Nc3ccccc3C(=O)NC(C)(C)C)CC2=O)cc1. The first-order valence-electron chi connectivity index (χ1n) is 9.85. The van der Waals surface area contributed by atoms with Gasteiger partial charge in [0, 0.05) is 29.1 Å². The summed E-state index contributed by atoms with van der Waals surface area (Å²) < 4.78 is 0. The van der Waals surface area contributed by atoms with Gasteiger partial charge in [0.2, 0.25) is 11.8 Å². The minimum atomic E-state index is -0.475. The number of hydrogen-bond donors (Lipinski definition) is 2. The van der Waals surface area contributed by atoms with Gasteiger partial charge in [-0.15, -0.1) is 11.8 Å². The van der Waals surface area contributed by atoms with E-state index in [4.69, 9.17) is 0 Å². The molecule has 0 bridgehead atoms. The maximum absolute atomic E-state index is 12.9. The van der Waals surface area contributed by atoms with E-state index < -0.39 is 11.5 Å². The summed E-state index contributed by atoms with van der Waals surface area (Å²) in [7, 11) is 0. The number of nitrogens with one attached hydrogen (secondary N) is 2. The quantitative estimate of drug-likeness (QED) is 0.712. The highest BCUT2D eigenvalue weighted by atomic mass is 32.2. The summed E-state index contributed by atoms with van der Waals surface area (Å²) in [5, 5.41) is 5.76. The monoisotopic (exact) mass is 425 g/mol. The number of para-hydroxylation sites is 1. The first-order chi connectivity index (χ1) is 14.2. The van der Waals surface area contributed by atoms with E-state index >= 15 is 0 Å². The van der Waals surface area contributed by atoms with Gasteiger partial charge in [0.1, 0.15) is 0 Å². The van der Waals surface area contributed by atoms with Gasteiger partial charge in [0.15, 0.2) is 0 Å². The molecule has 30 heavy (non-hydrogen) atoms. The van der Waals surface area contributed by atoms with Gasteiger partial charge in [0.05, 0.1) is 17.2 Å². The molecule has 1 aliphatic rings. The molecule has 1 saturated heterocycles. The van der Waals surface area contributed by atoms with Gasteiger partial charge in [-0.05, 0) is 63.4 Å². The summed E-state index contributed by atoms with van der Waals surface area (Å²) in [6.07, 6.45) is 2.14. The van der Waals surface area contributed by atoms with Crippen LogP contribution in [0.15, 0.2) is 53.4 Å². The normalized spacial score (nSPS) is 16.5. The maximum atomic E-state index is 12.9. The van der Waals surface area contributed by atoms with Gasteiger partial charge in [-0.3, -0.25) is 14.4 Å². The number of carbonyl (C=O) groups is 3. The van der Waals surface area contributed by atoms with E-state index in [0.29, 0.717) is 17.8 Å². The standard InChI is InChI=1S/C23H27N3O3S/c1-23(2,3)25-22(29)18-7-5-6-8-19(18)24-21(28)15-13-20(27)26(14-15)16-9-11-17(30-4)12-10-16/h5-12,15H,13-14H2,1-4H3,(H,24,28)(H,25,29). The third-order valence-corrected chi connectivity index (χ3v) is 5.54. The average Bonchev–Trinajstić information content (AvgIpc) is 3.09. The lowest BCUT2D eigenvalue weighted by Gasteiger charge is -2.22. The minimum absolute atomic E-state index is 0.0780. The van der Waals surface area contributed by atoms with Crippen LogP contribution in [0.1, 0.15) is 37.6 Å². The molecule has 0 saturated carbocycles. The zero-order chi connectivity index (χ0) is 21.9. The van der Waals surface area contributed by atoms with Crippen LogP contribution in [0, 0.1) is 5.92 Å². The van der Waals surface area contributed by atoms with Crippen molar-refractivity contribution in [3.8, 4) is 0 Å². The first-order valence-corrected chi connectivity index (χ1v) is 11.1. The molecule has 2 aromatic rings. The molecule has 1 unspecified atom stereocenters. The third kappa shape index (κ3) is 5.21. The molecule has 2 aromatic carbocycles. The Morgan fingerprint density at radius 2 is 1.73 bits per heavy atom. The Labute approximate surface area is 181 Å². The number of thioether (sulfide) groups is 1. The summed E-state index contributed by atoms with van der Waals surface area (Å²) in [6, 6.07) is 14.6. The van der Waals surface area contributed by atoms with E-state index in [2.05, 4.69) is 10.6 Å². The maximum Gasteiger partial charge on any atom is 0.253 e. The van der Waals surface area contributed by atoms with Crippen molar-refractivity contribution in [3.63, 3.8) is 0 Å². The lowest BCUT2D eigenvalue weighted by Crippen LogP contribution is -2.41. The number of amides is 3. The van der Waals surface area contributed by atoms with Crippen LogP contribution in [-0.4, -0.2) is 36.1 Å². The van der Waals surface area contributed by atoms with Crippen LogP contribution in [0.2, 0.25) is 0 Å². The molecule has 1 fully saturated rings. The minimum Gasteiger partial charge on any atom is -0.347 e. The fourth-order valence-corrected chi connectivity index (χ4v) is 3.74. The Morgan fingerprint density at radius 1 is 1.07 bits per heavy atom. The number of hydrogen-bond acceptors (Lipinski definition) is 4. The van der Waals surface area contributed by atoms with Gasteiger partial charge in [-0.2, -0.15) is 0 Å². The molecule has 0 aromatic heterocycles. The van der Waals surface area contributed by atoms with Crippen LogP contribution in [0.3, 0.4) is 0 Å². The van der Waals surface area contributed by atoms with E-state index in [-0.39, 0.29) is 24.1 Å². The summed E-state index contributed by atoms with van der Waals surface area (Å²) in [5.74, 6) is -1.07. The molecule has 3 rings (SSSR count). The molecule has 2 N–H and O–H groups in total. The molecule has 7 heteroatoms. The lowest BCUT2D eigenvalue weighted by molar-refractivity contribution is -0.122. The van der Waals surface area contributed by atoms with Crippen LogP contribution in [-0.2, 0) is 9.59 Å². The molecule has 3 amide bonds. The molecule has 1 atom stereocenters. The van der Waals surface area contributed by atoms with Crippen molar-refractivity contribution >= 4 is 40.9 Å². The molecule has 6 nitrogen and oxygen atoms in total. The first kappa shape index (κ1) is 21.9. The molecule has 1 aliphatic heterocycles. The predicted octanol–water partition coefficient (Wildman–Crippen LogP) is 3.93. The van der Waals surface area contributed by atoms with E-state index in [1.54, 1.807) is 40.9 Å². The molecule has 0 radical (unpaired) electrons. The van der Waals surface area contributed by atoms with E-state index in [0.717, 1.165) is 10.6 Å². The highest BCUT2D eigenvalue weighted by Crippen LogP contribution is 2.28. The Morgan fingerprint density at radius 3 is 2.37 bits per heavy atom. The van der Waals surface area contributed by atoms with E-state index in [9.17, 15) is 14.4 Å². The number of nitrogens with zero attached hydrogens (tertiary/aromatic N) is 1. The topological polar surface area (TPSA) is 78.5 Å². The second kappa shape index (κ2) is 8.92. The summed E-state index contributed by atoms with van der Waals surface area (Å²) in [4.78, 5) is 40.7. The Balaban J connectivity index is 1.71. The van der Waals surface area contributed by atoms with Crippen LogP contribution in [0.4, 0.5) is 11.4 Å². The van der Waals surface area contributed by atoms with Crippen molar-refractivity contribution < 1.29 is 14.4 Å². The smallest absolute Gasteiger partial charge is 0.253 e. The van der Waals surface area contributed by atoms with Crippen molar-refractivity contribution in [2.24, 2.45) is 5.92 Å². The lowest BCUT2D eigenvalue weighted by atomic mass is 10.1. The second-order valence-electron chi connectivity index (χ2n) is 8.34. The Bertz CT molecular complexity index is 951. The summed E-state index contributed by atoms with van der Waals surface area (Å²) in [5.41, 5.74) is 1.24. The molecular formula is C23H27N3O3S. The van der Waals surface area contributed by atoms with E-state index in [1.807, 2.05) is 51.3 Å². The van der Waals surface area contributed by atoms with Crippen molar-refractivity contribution in [1.82, 2.24) is 5.32 Å². The zero-order valence-electron chi connectivity index (χ0n) is 17.7. The number of carbonyl (C=O) groups excluding carboxylic acids is 3. The Kier molecular flexibility index (Phi) is 6.51. The molecule has 158 valence electrons. The van der Waals surface area contributed by atoms with Crippen LogP contribution >= 0.6 is 11.8 Å². The van der Waals surface area contributed by atoms with Gasteiger partial charge >= 0.3 is 0 Å². The summed E-state index contributed by atoms with van der Waals surface area (Å²) in [6.45, 7) is 6.02. The zero-order valence-corrected chi connectivity index (χ0v) is 18.5. The van der Waals surface area contributed by atoms with Crippen LogP contribution in [0.5, 0.6) is 0 Å². The fourth-order valence-electron chi connectivity index (χ4n) is 3.33. The third-order valence-electron chi connectivity index (χ3n) is 4.80. The molecule has 0 spiro atoms. The van der Waals surface area contributed by atoms with Crippen LogP contribution in [0.25, 0.3) is 0 Å². The fraction of sp³-hybridized carbons (Fsp3) is 0.348. The largest absolute Gasteiger partial charge is 0.347 e. The predicted molar refractivity (Wildman–Crippen MR) is 121 cm³/mol. The van der Waals surface area contributed by atoms with Crippen molar-refractivity contribution in [3.05, 3.63) is 54.1 Å². The summed E-state index contributed by atoms with van der Waals surface area (Å²) >= 11 is 1.63. The van der Waals surface area contributed by atoms with Crippen LogP contribution < -0.4 is 15.5 Å². The van der Waals surface area contributed by atoms with E-state index in [1.165, 1.54) is 0 Å². The van der Waals surface area contributed by atoms with Gasteiger partial charge in [0.25, 0.3) is 5.91 Å². The number of rotatable bonds is 5. The average molecular weight is 426 g/mol. The molecule has 1 heterocycles. The van der Waals surface area contributed by atoms with Crippen molar-refractivity contribution in [1.29, 1.82) is 0 Å². The Hall–Kier alpha value is -2.80. The highest BCUT2D eigenvalue weighted by Gasteiger charge is 2.35. The van der Waals surface area contributed by atoms with Gasteiger partial charge < -0.3 is 15.5 Å². The molecular weight excluding hydrogens is 398 g/mol. The van der Waals surface area contributed by atoms with Gasteiger partial charge in [-0.25, -0.2) is 0 Å². The van der Waals surface area contributed by atoms with Crippen molar-refractivity contribution in [2.75, 3.05) is 23.0 Å². The highest BCUT2D eigenvalue weighted by molar-refractivity contribution is 7.98. The van der Waals surface area contributed by atoms with Gasteiger partial charge in [-0.1, -0.05) is 12.1 Å². The number of benzene rings is 2. The van der Waals surface area contributed by atoms with Crippen molar-refractivity contribution in [2.45, 2.75) is 37.6 Å². The molecule has 0 aliphatic carbocycles. The second-order valence-corrected chi connectivity index (χ2v) is 9.22.